The van der Waals surface area contributed by atoms with E-state index in [2.05, 4.69) is 5.32 Å². The van der Waals surface area contributed by atoms with Gasteiger partial charge in [0, 0.05) is 21.9 Å². The van der Waals surface area contributed by atoms with Crippen LogP contribution < -0.4 is 10.1 Å². The van der Waals surface area contributed by atoms with E-state index in [9.17, 15) is 9.59 Å². The number of esters is 1. The van der Waals surface area contributed by atoms with Crippen LogP contribution in [0.2, 0.25) is 5.02 Å². The fourth-order valence-corrected chi connectivity index (χ4v) is 4.56. The minimum atomic E-state index is -0.499. The SMILES string of the molecule is CCOc1ccc(CCC(=O)Nc2sc(C)c(-c3cccc(Cl)c3)c2C(=O)OC)cc1. The molecule has 0 fully saturated rings. The van der Waals surface area contributed by atoms with Crippen molar-refractivity contribution >= 4 is 39.8 Å². The van der Waals surface area contributed by atoms with Gasteiger partial charge in [-0.2, -0.15) is 0 Å². The lowest BCUT2D eigenvalue weighted by Crippen LogP contribution is -2.14. The number of halogens is 1. The van der Waals surface area contributed by atoms with Crippen LogP contribution in [0.25, 0.3) is 11.1 Å². The van der Waals surface area contributed by atoms with Crippen LogP contribution in [0.1, 0.15) is 34.1 Å². The Hall–Kier alpha value is -2.83. The van der Waals surface area contributed by atoms with Crippen molar-refractivity contribution in [3.05, 3.63) is 69.6 Å². The first-order chi connectivity index (χ1) is 14.9. The fourth-order valence-electron chi connectivity index (χ4n) is 3.29. The number of ether oxygens (including phenoxy) is 2. The van der Waals surface area contributed by atoms with Crippen LogP contribution in [0.5, 0.6) is 5.75 Å². The molecule has 5 nitrogen and oxygen atoms in total. The Bertz CT molecular complexity index is 1080. The normalized spacial score (nSPS) is 10.6. The van der Waals surface area contributed by atoms with E-state index in [1.54, 1.807) is 12.1 Å². The average Bonchev–Trinajstić information content (AvgIpc) is 3.08. The van der Waals surface area contributed by atoms with E-state index < -0.39 is 5.97 Å². The molecular formula is C24H24ClNO4S. The number of amides is 1. The topological polar surface area (TPSA) is 64.6 Å². The summed E-state index contributed by atoms with van der Waals surface area (Å²) in [5, 5.41) is 3.95. The summed E-state index contributed by atoms with van der Waals surface area (Å²) in [6.07, 6.45) is 0.870. The van der Waals surface area contributed by atoms with Crippen molar-refractivity contribution in [1.82, 2.24) is 0 Å². The quantitative estimate of drug-likeness (QED) is 0.413. The summed E-state index contributed by atoms with van der Waals surface area (Å²) in [7, 11) is 1.33. The summed E-state index contributed by atoms with van der Waals surface area (Å²) >= 11 is 7.49. The van der Waals surface area contributed by atoms with E-state index in [1.165, 1.54) is 18.4 Å². The van der Waals surface area contributed by atoms with Gasteiger partial charge in [-0.1, -0.05) is 35.9 Å². The van der Waals surface area contributed by atoms with Gasteiger partial charge in [-0.25, -0.2) is 4.79 Å². The van der Waals surface area contributed by atoms with Gasteiger partial charge in [0.1, 0.15) is 16.3 Å². The second-order valence-electron chi connectivity index (χ2n) is 6.86. The lowest BCUT2D eigenvalue weighted by atomic mass is 10.0. The molecule has 1 aromatic heterocycles. The van der Waals surface area contributed by atoms with Crippen LogP contribution in [0.4, 0.5) is 5.00 Å². The van der Waals surface area contributed by atoms with E-state index in [0.717, 1.165) is 27.3 Å². The van der Waals surface area contributed by atoms with Gasteiger partial charge in [-0.05, 0) is 55.7 Å². The maximum atomic E-state index is 12.6. The summed E-state index contributed by atoms with van der Waals surface area (Å²) in [6.45, 7) is 4.45. The zero-order valence-electron chi connectivity index (χ0n) is 17.7. The highest BCUT2D eigenvalue weighted by atomic mass is 35.5. The molecule has 162 valence electrons. The molecule has 0 aliphatic heterocycles. The lowest BCUT2D eigenvalue weighted by Gasteiger charge is -2.09. The number of anilines is 1. The second-order valence-corrected chi connectivity index (χ2v) is 8.53. The third-order valence-corrected chi connectivity index (χ3v) is 5.97. The van der Waals surface area contributed by atoms with E-state index in [4.69, 9.17) is 21.1 Å². The van der Waals surface area contributed by atoms with Crippen molar-refractivity contribution in [3.63, 3.8) is 0 Å². The van der Waals surface area contributed by atoms with Gasteiger partial charge in [-0.3, -0.25) is 4.79 Å². The largest absolute Gasteiger partial charge is 0.494 e. The molecule has 0 spiro atoms. The summed E-state index contributed by atoms with van der Waals surface area (Å²) < 4.78 is 10.4. The molecule has 0 aliphatic rings. The molecule has 1 N–H and O–H groups in total. The van der Waals surface area contributed by atoms with Crippen LogP contribution in [0.15, 0.2) is 48.5 Å². The molecular weight excluding hydrogens is 434 g/mol. The standard InChI is InChI=1S/C24H24ClNO4S/c1-4-30-19-11-8-16(9-12-19)10-13-20(27)26-23-22(24(28)29-3)21(15(2)31-23)17-6-5-7-18(25)14-17/h5-9,11-12,14H,4,10,13H2,1-3H3,(H,26,27). The summed E-state index contributed by atoms with van der Waals surface area (Å²) in [5.41, 5.74) is 2.91. The van der Waals surface area contributed by atoms with Crippen molar-refractivity contribution in [2.45, 2.75) is 26.7 Å². The first-order valence-corrected chi connectivity index (χ1v) is 11.1. The third kappa shape index (κ3) is 5.66. The molecule has 3 aromatic rings. The van der Waals surface area contributed by atoms with E-state index in [1.807, 2.05) is 50.2 Å². The number of rotatable bonds is 8. The van der Waals surface area contributed by atoms with Crippen molar-refractivity contribution in [2.24, 2.45) is 0 Å². The number of thiophene rings is 1. The smallest absolute Gasteiger partial charge is 0.341 e. The summed E-state index contributed by atoms with van der Waals surface area (Å²) in [4.78, 5) is 26.1. The van der Waals surface area contributed by atoms with Gasteiger partial charge >= 0.3 is 5.97 Å². The van der Waals surface area contributed by atoms with Crippen molar-refractivity contribution in [2.75, 3.05) is 19.0 Å². The van der Waals surface area contributed by atoms with Gasteiger partial charge in [0.05, 0.1) is 13.7 Å². The Morgan fingerprint density at radius 2 is 1.87 bits per heavy atom. The molecule has 0 saturated carbocycles. The van der Waals surface area contributed by atoms with Crippen LogP contribution in [0, 0.1) is 6.92 Å². The molecule has 0 atom stereocenters. The fraction of sp³-hybridized carbons (Fsp3) is 0.250. The van der Waals surface area contributed by atoms with Crippen molar-refractivity contribution in [3.8, 4) is 16.9 Å². The number of hydrogen-bond donors (Lipinski definition) is 1. The lowest BCUT2D eigenvalue weighted by molar-refractivity contribution is -0.116. The molecule has 0 saturated heterocycles. The van der Waals surface area contributed by atoms with Gasteiger partial charge < -0.3 is 14.8 Å². The Morgan fingerprint density at radius 1 is 1.13 bits per heavy atom. The van der Waals surface area contributed by atoms with Crippen molar-refractivity contribution < 1.29 is 19.1 Å². The van der Waals surface area contributed by atoms with E-state index in [-0.39, 0.29) is 12.3 Å². The predicted octanol–water partition coefficient (Wildman–Crippen LogP) is 6.13. The monoisotopic (exact) mass is 457 g/mol. The molecule has 1 heterocycles. The van der Waals surface area contributed by atoms with Gasteiger partial charge in [0.15, 0.2) is 0 Å². The van der Waals surface area contributed by atoms with Crippen LogP contribution in [-0.4, -0.2) is 25.6 Å². The molecule has 3 rings (SSSR count). The van der Waals surface area contributed by atoms with Crippen molar-refractivity contribution in [1.29, 1.82) is 0 Å². The van der Waals surface area contributed by atoms with Crippen LogP contribution in [0.3, 0.4) is 0 Å². The molecule has 0 bridgehead atoms. The zero-order valence-corrected chi connectivity index (χ0v) is 19.2. The number of benzene rings is 2. The number of methoxy groups -OCH3 is 1. The first kappa shape index (κ1) is 22.8. The number of carbonyl (C=O) groups excluding carboxylic acids is 2. The van der Waals surface area contributed by atoms with Gasteiger partial charge in [-0.15, -0.1) is 11.3 Å². The highest BCUT2D eigenvalue weighted by Crippen LogP contribution is 2.41. The van der Waals surface area contributed by atoms with Gasteiger partial charge in [0.2, 0.25) is 5.91 Å². The number of aryl methyl sites for hydroxylation is 2. The maximum absolute atomic E-state index is 12.6. The Morgan fingerprint density at radius 3 is 2.52 bits per heavy atom. The highest BCUT2D eigenvalue weighted by molar-refractivity contribution is 7.17. The predicted molar refractivity (Wildman–Crippen MR) is 125 cm³/mol. The zero-order chi connectivity index (χ0) is 22.4. The first-order valence-electron chi connectivity index (χ1n) is 9.92. The average molecular weight is 458 g/mol. The number of hydrogen-bond acceptors (Lipinski definition) is 5. The Balaban J connectivity index is 1.78. The minimum Gasteiger partial charge on any atom is -0.494 e. The third-order valence-electron chi connectivity index (χ3n) is 4.72. The Kier molecular flexibility index (Phi) is 7.71. The van der Waals surface area contributed by atoms with Crippen LogP contribution >= 0.6 is 22.9 Å². The summed E-state index contributed by atoms with van der Waals surface area (Å²) in [6, 6.07) is 15.0. The number of nitrogens with one attached hydrogen (secondary N) is 1. The molecule has 31 heavy (non-hydrogen) atoms. The van der Waals surface area contributed by atoms with E-state index in [0.29, 0.717) is 28.6 Å². The van der Waals surface area contributed by atoms with Crippen LogP contribution in [-0.2, 0) is 16.0 Å². The molecule has 0 aliphatic carbocycles. The maximum Gasteiger partial charge on any atom is 0.341 e. The Labute approximate surface area is 191 Å². The summed E-state index contributed by atoms with van der Waals surface area (Å²) in [5.74, 6) is 0.139. The molecule has 2 aromatic carbocycles. The molecule has 0 unspecified atom stereocenters. The highest BCUT2D eigenvalue weighted by Gasteiger charge is 2.25. The molecule has 0 radical (unpaired) electrons. The van der Waals surface area contributed by atoms with E-state index >= 15 is 0 Å². The van der Waals surface area contributed by atoms with Gasteiger partial charge in [0.25, 0.3) is 0 Å². The second kappa shape index (κ2) is 10.5. The molecule has 1 amide bonds. The number of carbonyl (C=O) groups is 2. The minimum absolute atomic E-state index is 0.169. The molecule has 7 heteroatoms.